The van der Waals surface area contributed by atoms with Crippen molar-refractivity contribution in [1.82, 2.24) is 4.90 Å². The number of alkyl halides is 3. The highest BCUT2D eigenvalue weighted by atomic mass is 19.4. The van der Waals surface area contributed by atoms with E-state index < -0.39 is 41.5 Å². The molecule has 0 aliphatic rings. The minimum Gasteiger partial charge on any atom is -0.508 e. The predicted octanol–water partition coefficient (Wildman–Crippen LogP) is 5.59. The van der Waals surface area contributed by atoms with Gasteiger partial charge in [-0.05, 0) is 68.3 Å². The zero-order chi connectivity index (χ0) is 31.9. The van der Waals surface area contributed by atoms with Crippen LogP contribution in [-0.2, 0) is 33.5 Å². The number of amides is 2. The van der Waals surface area contributed by atoms with E-state index in [0.29, 0.717) is 5.56 Å². The Morgan fingerprint density at radius 2 is 1.58 bits per heavy atom. The highest BCUT2D eigenvalue weighted by Crippen LogP contribution is 2.35. The van der Waals surface area contributed by atoms with Gasteiger partial charge < -0.3 is 29.5 Å². The molecule has 9 nitrogen and oxygen atoms in total. The number of phenolic OH excluding ortho intramolecular Hbond substituents is 1. The Morgan fingerprint density at radius 3 is 2.16 bits per heavy atom. The third kappa shape index (κ3) is 9.38. The lowest BCUT2D eigenvalue weighted by Crippen LogP contribution is -2.38. The quantitative estimate of drug-likeness (QED) is 0.291. The van der Waals surface area contributed by atoms with Crippen molar-refractivity contribution in [2.75, 3.05) is 26.1 Å². The lowest BCUT2D eigenvalue weighted by molar-refractivity contribution is -0.155. The van der Waals surface area contributed by atoms with Gasteiger partial charge in [-0.2, -0.15) is 13.2 Å². The third-order valence-corrected chi connectivity index (χ3v) is 6.03. The van der Waals surface area contributed by atoms with E-state index in [1.165, 1.54) is 61.6 Å². The summed E-state index contributed by atoms with van der Waals surface area (Å²) in [7, 11) is 2.55. The second-order valence-electron chi connectivity index (χ2n) is 10.6. The molecule has 43 heavy (non-hydrogen) atoms. The van der Waals surface area contributed by atoms with E-state index in [9.17, 15) is 32.7 Å². The van der Waals surface area contributed by atoms with Gasteiger partial charge >= 0.3 is 12.1 Å². The molecule has 3 aromatic rings. The summed E-state index contributed by atoms with van der Waals surface area (Å²) in [5.41, 5.74) is -1.13. The van der Waals surface area contributed by atoms with Gasteiger partial charge in [0.15, 0.2) is 0 Å². The molecule has 3 aromatic carbocycles. The summed E-state index contributed by atoms with van der Waals surface area (Å²) >= 11 is 0. The van der Waals surface area contributed by atoms with Gasteiger partial charge in [0, 0.05) is 18.3 Å². The van der Waals surface area contributed by atoms with Crippen molar-refractivity contribution >= 4 is 23.5 Å². The molecule has 0 aliphatic heterocycles. The zero-order valence-electron chi connectivity index (χ0n) is 24.4. The number of esters is 1. The van der Waals surface area contributed by atoms with Crippen molar-refractivity contribution < 1.29 is 46.9 Å². The standard InChI is InChI=1S/C31H33F3N2O7/c1-30(2,3)43-28(39)18-36(17-19-6-10-22(37)11-7-19)29(40)24-13-9-21(15-26(24)42-5)35-27(38)14-20-8-12-23(41-4)16-25(20)31(32,33)34/h6-13,15-16,37H,14,17-18H2,1-5H3,(H,35,38). The summed E-state index contributed by atoms with van der Waals surface area (Å²) in [6, 6.07) is 13.6. The normalized spacial score (nSPS) is 11.4. The van der Waals surface area contributed by atoms with Crippen LogP contribution in [0.2, 0.25) is 0 Å². The Hall–Kier alpha value is -4.74. The molecule has 0 unspecified atom stereocenters. The summed E-state index contributed by atoms with van der Waals surface area (Å²) in [4.78, 5) is 40.2. The molecule has 0 radical (unpaired) electrons. The number of carbonyl (C=O) groups excluding carboxylic acids is 3. The number of phenols is 1. The molecular weight excluding hydrogens is 569 g/mol. The van der Waals surface area contributed by atoms with Crippen LogP contribution >= 0.6 is 0 Å². The number of methoxy groups -OCH3 is 2. The first kappa shape index (κ1) is 32.8. The Labute approximate surface area is 247 Å². The van der Waals surface area contributed by atoms with E-state index >= 15 is 0 Å². The molecule has 0 aromatic heterocycles. The van der Waals surface area contributed by atoms with Gasteiger partial charge in [0.05, 0.1) is 31.8 Å². The number of nitrogens with zero attached hydrogens (tertiary/aromatic N) is 1. The first-order valence-electron chi connectivity index (χ1n) is 13.1. The van der Waals surface area contributed by atoms with Crippen molar-refractivity contribution in [3.8, 4) is 17.2 Å². The fourth-order valence-electron chi connectivity index (χ4n) is 4.15. The molecule has 0 atom stereocenters. The first-order chi connectivity index (χ1) is 20.1. The molecule has 0 saturated heterocycles. The second-order valence-corrected chi connectivity index (χ2v) is 10.6. The highest BCUT2D eigenvalue weighted by molar-refractivity contribution is 6.00. The van der Waals surface area contributed by atoms with Crippen LogP contribution in [0, 0.1) is 0 Å². The molecule has 2 N–H and O–H groups in total. The summed E-state index contributed by atoms with van der Waals surface area (Å²) in [6.07, 6.45) is -5.27. The van der Waals surface area contributed by atoms with Crippen molar-refractivity contribution in [1.29, 1.82) is 0 Å². The molecular formula is C31H33F3N2O7. The number of carbonyl (C=O) groups is 3. The first-order valence-corrected chi connectivity index (χ1v) is 13.1. The van der Waals surface area contributed by atoms with Crippen LogP contribution in [0.15, 0.2) is 60.7 Å². The summed E-state index contributed by atoms with van der Waals surface area (Å²) in [5, 5.41) is 12.1. The number of benzene rings is 3. The van der Waals surface area contributed by atoms with Crippen LogP contribution in [-0.4, -0.2) is 54.2 Å². The van der Waals surface area contributed by atoms with Crippen molar-refractivity contribution in [3.05, 3.63) is 82.9 Å². The molecule has 0 saturated carbocycles. The Kier molecular flexibility index (Phi) is 10.3. The minimum atomic E-state index is -4.69. The van der Waals surface area contributed by atoms with E-state index in [1.807, 2.05) is 0 Å². The molecule has 230 valence electrons. The molecule has 2 amide bonds. The van der Waals surface area contributed by atoms with Crippen molar-refractivity contribution in [3.63, 3.8) is 0 Å². The summed E-state index contributed by atoms with van der Waals surface area (Å²) < 4.78 is 56.3. The monoisotopic (exact) mass is 602 g/mol. The number of ether oxygens (including phenoxy) is 3. The SMILES string of the molecule is COc1ccc(CC(=O)Nc2ccc(C(=O)N(CC(=O)OC(C)(C)C)Cc3ccc(O)cc3)c(OC)c2)c(C(F)(F)F)c1. The third-order valence-electron chi connectivity index (χ3n) is 6.03. The molecule has 0 aliphatic carbocycles. The Balaban J connectivity index is 1.84. The van der Waals surface area contributed by atoms with Crippen molar-refractivity contribution in [2.24, 2.45) is 0 Å². The smallest absolute Gasteiger partial charge is 0.416 e. The fraction of sp³-hybridized carbons (Fsp3) is 0.323. The maximum absolute atomic E-state index is 13.6. The van der Waals surface area contributed by atoms with Gasteiger partial charge in [-0.1, -0.05) is 18.2 Å². The van der Waals surface area contributed by atoms with Gasteiger partial charge in [-0.15, -0.1) is 0 Å². The maximum atomic E-state index is 13.6. The lowest BCUT2D eigenvalue weighted by Gasteiger charge is -2.26. The van der Waals surface area contributed by atoms with E-state index in [1.54, 1.807) is 32.9 Å². The largest absolute Gasteiger partial charge is 0.508 e. The number of rotatable bonds is 10. The number of aromatic hydroxyl groups is 1. The summed E-state index contributed by atoms with van der Waals surface area (Å²) in [5.74, 6) is -1.85. The van der Waals surface area contributed by atoms with Gasteiger partial charge in [-0.3, -0.25) is 14.4 Å². The van der Waals surface area contributed by atoms with E-state index in [2.05, 4.69) is 5.32 Å². The van der Waals surface area contributed by atoms with Gasteiger partial charge in [0.1, 0.15) is 29.4 Å². The molecule has 0 heterocycles. The van der Waals surface area contributed by atoms with Gasteiger partial charge in [-0.25, -0.2) is 0 Å². The fourth-order valence-corrected chi connectivity index (χ4v) is 4.15. The van der Waals surface area contributed by atoms with Crippen LogP contribution in [0.1, 0.15) is 47.8 Å². The number of halogens is 3. The zero-order valence-corrected chi connectivity index (χ0v) is 24.4. The minimum absolute atomic E-state index is 0.00337. The lowest BCUT2D eigenvalue weighted by atomic mass is 10.0. The van der Waals surface area contributed by atoms with Crippen LogP contribution < -0.4 is 14.8 Å². The molecule has 12 heteroatoms. The van der Waals surface area contributed by atoms with Gasteiger partial charge in [0.2, 0.25) is 5.91 Å². The average molecular weight is 603 g/mol. The van der Waals surface area contributed by atoms with Crippen LogP contribution in [0.25, 0.3) is 0 Å². The van der Waals surface area contributed by atoms with E-state index in [-0.39, 0.29) is 47.2 Å². The Bertz CT molecular complexity index is 1470. The second kappa shape index (κ2) is 13.5. The van der Waals surface area contributed by atoms with Crippen LogP contribution in [0.3, 0.4) is 0 Å². The number of hydrogen-bond donors (Lipinski definition) is 2. The molecule has 0 bridgehead atoms. The molecule has 3 rings (SSSR count). The topological polar surface area (TPSA) is 114 Å². The van der Waals surface area contributed by atoms with Crippen LogP contribution in [0.4, 0.5) is 18.9 Å². The van der Waals surface area contributed by atoms with E-state index in [0.717, 1.165) is 6.07 Å². The highest BCUT2D eigenvalue weighted by Gasteiger charge is 2.34. The number of hydrogen-bond acceptors (Lipinski definition) is 7. The number of anilines is 1. The van der Waals surface area contributed by atoms with Crippen molar-refractivity contribution in [2.45, 2.75) is 45.5 Å². The molecule has 0 fully saturated rings. The van der Waals surface area contributed by atoms with Crippen LogP contribution in [0.5, 0.6) is 17.2 Å². The summed E-state index contributed by atoms with van der Waals surface area (Å²) in [6.45, 7) is 4.72. The maximum Gasteiger partial charge on any atom is 0.416 e. The number of nitrogens with one attached hydrogen (secondary N) is 1. The van der Waals surface area contributed by atoms with E-state index in [4.69, 9.17) is 14.2 Å². The molecule has 0 spiro atoms. The Morgan fingerprint density at radius 1 is 0.907 bits per heavy atom. The predicted molar refractivity (Wildman–Crippen MR) is 152 cm³/mol. The average Bonchev–Trinajstić information content (AvgIpc) is 2.92. The van der Waals surface area contributed by atoms with Gasteiger partial charge in [0.25, 0.3) is 5.91 Å².